The number of benzene rings is 2. The van der Waals surface area contributed by atoms with Crippen LogP contribution in [-0.4, -0.2) is 38.6 Å². The van der Waals surface area contributed by atoms with Gasteiger partial charge in [-0.2, -0.15) is 0 Å². The Bertz CT molecular complexity index is 1060. The average Bonchev–Trinajstić information content (AvgIpc) is 3.19. The molecule has 0 spiro atoms. The topological polar surface area (TPSA) is 75.4 Å². The molecule has 6 nitrogen and oxygen atoms in total. The van der Waals surface area contributed by atoms with Crippen LogP contribution in [0.4, 0.5) is 0 Å². The number of nitrogens with zero attached hydrogens (tertiary/aromatic N) is 3. The molecule has 1 aliphatic heterocycles. The second-order valence-corrected chi connectivity index (χ2v) is 7.37. The number of carbonyl (C=O) groups excluding carboxylic acids is 1. The van der Waals surface area contributed by atoms with Gasteiger partial charge < -0.3 is 10.0 Å². The zero-order chi connectivity index (χ0) is 19.5. The molecule has 1 aliphatic rings. The average molecular weight is 377 g/mol. The van der Waals surface area contributed by atoms with Gasteiger partial charge in [-0.25, -0.2) is 4.98 Å². The minimum atomic E-state index is -0.185. The van der Waals surface area contributed by atoms with Crippen LogP contribution in [0.25, 0.3) is 10.9 Å². The first-order valence-electron chi connectivity index (χ1n) is 9.54. The minimum Gasteiger partial charge on any atom is -0.392 e. The number of aliphatic hydroxyl groups is 1. The number of likely N-dealkylation sites (tertiary alicyclic amines) is 1. The van der Waals surface area contributed by atoms with Crippen molar-refractivity contribution in [1.82, 2.24) is 14.5 Å². The van der Waals surface area contributed by atoms with Crippen molar-refractivity contribution in [2.75, 3.05) is 13.1 Å². The van der Waals surface area contributed by atoms with Crippen LogP contribution < -0.4 is 5.56 Å². The van der Waals surface area contributed by atoms with Gasteiger partial charge in [0.1, 0.15) is 6.54 Å². The molecule has 1 aromatic heterocycles. The molecule has 28 heavy (non-hydrogen) atoms. The van der Waals surface area contributed by atoms with Crippen LogP contribution >= 0.6 is 0 Å². The molecule has 144 valence electrons. The van der Waals surface area contributed by atoms with E-state index in [0.717, 1.165) is 18.4 Å². The van der Waals surface area contributed by atoms with Gasteiger partial charge in [0.2, 0.25) is 5.91 Å². The maximum absolute atomic E-state index is 12.7. The first-order chi connectivity index (χ1) is 13.6. The molecule has 1 amide bonds. The van der Waals surface area contributed by atoms with Crippen molar-refractivity contribution in [3.8, 4) is 0 Å². The van der Waals surface area contributed by atoms with Crippen molar-refractivity contribution < 1.29 is 9.90 Å². The molecule has 4 rings (SSSR count). The molecular weight excluding hydrogens is 354 g/mol. The van der Waals surface area contributed by atoms with Gasteiger partial charge in [-0.3, -0.25) is 14.2 Å². The van der Waals surface area contributed by atoms with Gasteiger partial charge in [-0.05, 0) is 42.0 Å². The van der Waals surface area contributed by atoms with Crippen LogP contribution in [0.1, 0.15) is 17.5 Å². The summed E-state index contributed by atoms with van der Waals surface area (Å²) in [6.07, 6.45) is 3.28. The van der Waals surface area contributed by atoms with E-state index in [4.69, 9.17) is 0 Å². The summed E-state index contributed by atoms with van der Waals surface area (Å²) < 4.78 is 1.39. The number of aromatic nitrogens is 2. The largest absolute Gasteiger partial charge is 0.392 e. The Balaban J connectivity index is 1.41. The molecule has 6 heteroatoms. The molecule has 0 saturated carbocycles. The maximum atomic E-state index is 12.7. The smallest absolute Gasteiger partial charge is 0.261 e. The first kappa shape index (κ1) is 18.4. The number of rotatable bonds is 5. The van der Waals surface area contributed by atoms with E-state index >= 15 is 0 Å². The third-order valence-electron chi connectivity index (χ3n) is 5.37. The number of fused-ring (bicyclic) bond motifs is 1. The Morgan fingerprint density at radius 2 is 1.96 bits per heavy atom. The van der Waals surface area contributed by atoms with Crippen LogP contribution in [0.3, 0.4) is 0 Å². The Kier molecular flexibility index (Phi) is 5.21. The first-order valence-corrected chi connectivity index (χ1v) is 9.54. The fourth-order valence-electron chi connectivity index (χ4n) is 3.88. The van der Waals surface area contributed by atoms with E-state index in [0.29, 0.717) is 29.9 Å². The number of hydrogen-bond donors (Lipinski definition) is 1. The van der Waals surface area contributed by atoms with E-state index in [1.807, 2.05) is 29.2 Å². The quantitative estimate of drug-likeness (QED) is 0.738. The van der Waals surface area contributed by atoms with Gasteiger partial charge in [-0.15, -0.1) is 0 Å². The molecule has 2 aromatic carbocycles. The monoisotopic (exact) mass is 377 g/mol. The van der Waals surface area contributed by atoms with Crippen molar-refractivity contribution in [1.29, 1.82) is 0 Å². The molecular formula is C22H23N3O3. The van der Waals surface area contributed by atoms with E-state index in [1.165, 1.54) is 16.5 Å². The highest BCUT2D eigenvalue weighted by atomic mass is 16.3. The second-order valence-electron chi connectivity index (χ2n) is 7.37. The number of aliphatic hydroxyl groups excluding tert-OH is 1. The van der Waals surface area contributed by atoms with Gasteiger partial charge in [0.25, 0.3) is 5.56 Å². The summed E-state index contributed by atoms with van der Waals surface area (Å²) in [5.41, 5.74) is 2.55. The van der Waals surface area contributed by atoms with Crippen LogP contribution in [0, 0.1) is 5.92 Å². The standard InChI is InChI=1S/C22H23N3O3/c26-14-18-5-3-4-16(11-18)10-17-8-9-24(12-17)21(27)13-25-15-23-20-7-2-1-6-19(20)22(25)28/h1-7,11,15,17,26H,8-10,12-14H2. The Morgan fingerprint density at radius 1 is 1.14 bits per heavy atom. The Labute approximate surface area is 163 Å². The van der Waals surface area contributed by atoms with Gasteiger partial charge in [-0.1, -0.05) is 36.4 Å². The van der Waals surface area contributed by atoms with Gasteiger partial charge in [0, 0.05) is 13.1 Å². The lowest BCUT2D eigenvalue weighted by Gasteiger charge is -2.17. The Hall–Kier alpha value is -2.99. The molecule has 1 atom stereocenters. The SMILES string of the molecule is O=C(Cn1cnc2ccccc2c1=O)N1CCC(Cc2cccc(CO)c2)C1. The summed E-state index contributed by atoms with van der Waals surface area (Å²) in [6.45, 7) is 1.46. The summed E-state index contributed by atoms with van der Waals surface area (Å²) in [4.78, 5) is 31.4. The van der Waals surface area contributed by atoms with Crippen molar-refractivity contribution >= 4 is 16.8 Å². The predicted octanol–water partition coefficient (Wildman–Crippen LogP) is 1.98. The maximum Gasteiger partial charge on any atom is 0.261 e. The molecule has 1 saturated heterocycles. The molecule has 0 aliphatic carbocycles. The van der Waals surface area contributed by atoms with Crippen LogP contribution in [-0.2, 0) is 24.4 Å². The van der Waals surface area contributed by atoms with E-state index in [1.54, 1.807) is 18.2 Å². The number of carbonyl (C=O) groups is 1. The van der Waals surface area contributed by atoms with Crippen molar-refractivity contribution in [2.45, 2.75) is 26.0 Å². The third-order valence-corrected chi connectivity index (χ3v) is 5.37. The van der Waals surface area contributed by atoms with Crippen molar-refractivity contribution in [3.63, 3.8) is 0 Å². The summed E-state index contributed by atoms with van der Waals surface area (Å²) >= 11 is 0. The molecule has 0 bridgehead atoms. The molecule has 1 fully saturated rings. The lowest BCUT2D eigenvalue weighted by atomic mass is 9.97. The fraction of sp³-hybridized carbons (Fsp3) is 0.318. The normalized spacial score (nSPS) is 16.6. The Morgan fingerprint density at radius 3 is 2.82 bits per heavy atom. The summed E-state index contributed by atoms with van der Waals surface area (Å²) in [5.74, 6) is 0.343. The van der Waals surface area contributed by atoms with E-state index in [2.05, 4.69) is 11.1 Å². The zero-order valence-electron chi connectivity index (χ0n) is 15.6. The molecule has 0 radical (unpaired) electrons. The van der Waals surface area contributed by atoms with Gasteiger partial charge in [0.05, 0.1) is 23.8 Å². The predicted molar refractivity (Wildman–Crippen MR) is 107 cm³/mol. The van der Waals surface area contributed by atoms with Crippen LogP contribution in [0.15, 0.2) is 59.7 Å². The van der Waals surface area contributed by atoms with Gasteiger partial charge >= 0.3 is 0 Å². The number of hydrogen-bond acceptors (Lipinski definition) is 4. The molecule has 3 aromatic rings. The molecule has 2 heterocycles. The van der Waals surface area contributed by atoms with E-state index in [9.17, 15) is 14.7 Å². The summed E-state index contributed by atoms with van der Waals surface area (Å²) in [6, 6.07) is 15.1. The summed E-state index contributed by atoms with van der Waals surface area (Å²) in [5, 5.41) is 9.81. The molecule has 1 N–H and O–H groups in total. The number of para-hydroxylation sites is 1. The lowest BCUT2D eigenvalue weighted by Crippen LogP contribution is -2.35. The fourth-order valence-corrected chi connectivity index (χ4v) is 3.88. The van der Waals surface area contributed by atoms with Crippen molar-refractivity contribution in [2.24, 2.45) is 5.92 Å². The van der Waals surface area contributed by atoms with Crippen LogP contribution in [0.2, 0.25) is 0 Å². The highest BCUT2D eigenvalue weighted by molar-refractivity contribution is 5.79. The third kappa shape index (κ3) is 3.82. The van der Waals surface area contributed by atoms with E-state index < -0.39 is 0 Å². The highest BCUT2D eigenvalue weighted by Crippen LogP contribution is 2.22. The molecule has 1 unspecified atom stereocenters. The van der Waals surface area contributed by atoms with Crippen molar-refractivity contribution in [3.05, 3.63) is 76.3 Å². The minimum absolute atomic E-state index is 0.0172. The second kappa shape index (κ2) is 7.94. The van der Waals surface area contributed by atoms with Gasteiger partial charge in [0.15, 0.2) is 0 Å². The zero-order valence-corrected chi connectivity index (χ0v) is 15.6. The highest BCUT2D eigenvalue weighted by Gasteiger charge is 2.26. The van der Waals surface area contributed by atoms with Crippen LogP contribution in [0.5, 0.6) is 0 Å². The number of amides is 1. The van der Waals surface area contributed by atoms with E-state index in [-0.39, 0.29) is 24.6 Å². The summed E-state index contributed by atoms with van der Waals surface area (Å²) in [7, 11) is 0. The lowest BCUT2D eigenvalue weighted by molar-refractivity contribution is -0.131.